The number of nitrogens with one attached hydrogen (secondary N) is 1. The SMILES string of the molecule is Cn1ncc(-c2ccc(-c3cc4sc(C5(C(=O)O)CC5)cc4s3)cc2)c1NC(=O)O[C@H](I)c1ccccc1. The number of carboxylic acids is 1. The average molecular weight is 656 g/mol. The molecule has 0 aliphatic heterocycles. The first-order chi connectivity index (χ1) is 18.3. The predicted octanol–water partition coefficient (Wildman–Crippen LogP) is 7.83. The molecule has 3 aromatic heterocycles. The summed E-state index contributed by atoms with van der Waals surface area (Å²) in [6, 6.07) is 21.9. The molecule has 2 aromatic carbocycles. The number of aryl methyl sites for hydroxylation is 1. The molecule has 10 heteroatoms. The second-order valence-electron chi connectivity index (χ2n) is 9.20. The Morgan fingerprint density at radius 1 is 1.05 bits per heavy atom. The highest BCUT2D eigenvalue weighted by atomic mass is 127. The molecule has 192 valence electrons. The summed E-state index contributed by atoms with van der Waals surface area (Å²) in [5.41, 5.74) is 3.04. The summed E-state index contributed by atoms with van der Waals surface area (Å²) in [5.74, 6) is -0.166. The zero-order chi connectivity index (χ0) is 26.4. The Kier molecular flexibility index (Phi) is 6.48. The number of carbonyl (C=O) groups is 2. The molecule has 1 saturated carbocycles. The summed E-state index contributed by atoms with van der Waals surface area (Å²) in [4.78, 5) is 26.4. The molecule has 1 amide bonds. The molecule has 0 unspecified atom stereocenters. The number of nitrogens with zero attached hydrogens (tertiary/aromatic N) is 2. The van der Waals surface area contributed by atoms with E-state index in [-0.39, 0.29) is 0 Å². The summed E-state index contributed by atoms with van der Waals surface area (Å²) in [6.45, 7) is 0. The normalized spacial score (nSPS) is 14.8. The number of carbonyl (C=O) groups excluding carboxylic acids is 1. The van der Waals surface area contributed by atoms with Gasteiger partial charge < -0.3 is 9.84 Å². The number of amides is 1. The van der Waals surface area contributed by atoms with Crippen LogP contribution in [0.4, 0.5) is 10.6 Å². The minimum absolute atomic E-state index is 0.416. The summed E-state index contributed by atoms with van der Waals surface area (Å²) in [5, 5.41) is 16.8. The van der Waals surface area contributed by atoms with Crippen molar-refractivity contribution in [1.29, 1.82) is 0 Å². The van der Waals surface area contributed by atoms with E-state index in [1.165, 1.54) is 0 Å². The van der Waals surface area contributed by atoms with E-state index in [4.69, 9.17) is 4.74 Å². The van der Waals surface area contributed by atoms with E-state index in [2.05, 4.69) is 57.3 Å². The van der Waals surface area contributed by atoms with Crippen LogP contribution in [0.25, 0.3) is 31.0 Å². The van der Waals surface area contributed by atoms with Gasteiger partial charge in [-0.2, -0.15) is 5.10 Å². The number of thiophene rings is 2. The highest BCUT2D eigenvalue weighted by Gasteiger charge is 2.53. The van der Waals surface area contributed by atoms with E-state index >= 15 is 0 Å². The molecule has 1 atom stereocenters. The molecule has 1 aliphatic carbocycles. The van der Waals surface area contributed by atoms with Crippen molar-refractivity contribution in [3.05, 3.63) is 83.4 Å². The number of hydrogen-bond acceptors (Lipinski definition) is 6. The van der Waals surface area contributed by atoms with Crippen LogP contribution in [-0.4, -0.2) is 26.9 Å². The molecule has 3 heterocycles. The molecule has 6 rings (SSSR count). The van der Waals surface area contributed by atoms with Gasteiger partial charge in [-0.15, -0.1) is 22.7 Å². The third kappa shape index (κ3) is 4.61. The number of carboxylic acid groups (broad SMARTS) is 1. The lowest BCUT2D eigenvalue weighted by Gasteiger charge is -2.14. The van der Waals surface area contributed by atoms with Crippen LogP contribution in [0, 0.1) is 0 Å². The maximum absolute atomic E-state index is 12.6. The van der Waals surface area contributed by atoms with Gasteiger partial charge in [-0.3, -0.25) is 14.8 Å². The number of ether oxygens (including phenoxy) is 1. The van der Waals surface area contributed by atoms with Crippen molar-refractivity contribution in [2.75, 3.05) is 5.32 Å². The molecule has 7 nitrogen and oxygen atoms in total. The fourth-order valence-corrected chi connectivity index (χ4v) is 7.69. The molecule has 2 N–H and O–H groups in total. The van der Waals surface area contributed by atoms with E-state index < -0.39 is 21.6 Å². The maximum Gasteiger partial charge on any atom is 0.414 e. The van der Waals surface area contributed by atoms with E-state index in [9.17, 15) is 14.7 Å². The quantitative estimate of drug-likeness (QED) is 0.138. The number of benzene rings is 2. The fourth-order valence-electron chi connectivity index (χ4n) is 4.41. The Hall–Kier alpha value is -3.22. The van der Waals surface area contributed by atoms with Crippen LogP contribution in [0.3, 0.4) is 0 Å². The zero-order valence-electron chi connectivity index (χ0n) is 20.2. The lowest BCUT2D eigenvalue weighted by atomic mass is 10.1. The lowest BCUT2D eigenvalue weighted by molar-refractivity contribution is -0.139. The van der Waals surface area contributed by atoms with Gasteiger partial charge in [0.05, 0.1) is 6.20 Å². The van der Waals surface area contributed by atoms with Gasteiger partial charge >= 0.3 is 12.1 Å². The minimum Gasteiger partial charge on any atom is -0.481 e. The molecule has 0 spiro atoms. The predicted molar refractivity (Wildman–Crippen MR) is 159 cm³/mol. The fraction of sp³-hybridized carbons (Fsp3) is 0.179. The van der Waals surface area contributed by atoms with Gasteiger partial charge in [-0.25, -0.2) is 4.79 Å². The van der Waals surface area contributed by atoms with Crippen LogP contribution < -0.4 is 5.32 Å². The van der Waals surface area contributed by atoms with Crippen molar-refractivity contribution in [1.82, 2.24) is 9.78 Å². The molecule has 0 radical (unpaired) electrons. The van der Waals surface area contributed by atoms with Gasteiger partial charge in [0.15, 0.2) is 4.11 Å². The van der Waals surface area contributed by atoms with Crippen molar-refractivity contribution in [2.24, 2.45) is 7.05 Å². The van der Waals surface area contributed by atoms with E-state index in [1.807, 2.05) is 42.5 Å². The maximum atomic E-state index is 12.6. The number of aliphatic carboxylic acids is 1. The Labute approximate surface area is 240 Å². The first kappa shape index (κ1) is 25.1. The van der Waals surface area contributed by atoms with Crippen molar-refractivity contribution in [3.8, 4) is 21.6 Å². The second kappa shape index (κ2) is 9.83. The molecular formula is C28H22IN3O4S2. The number of aromatic nitrogens is 2. The topological polar surface area (TPSA) is 93.5 Å². The van der Waals surface area contributed by atoms with Crippen molar-refractivity contribution < 1.29 is 19.4 Å². The first-order valence-electron chi connectivity index (χ1n) is 11.9. The van der Waals surface area contributed by atoms with Crippen LogP contribution in [0.2, 0.25) is 0 Å². The third-order valence-electron chi connectivity index (χ3n) is 6.75. The smallest absolute Gasteiger partial charge is 0.414 e. The molecule has 1 fully saturated rings. The average Bonchev–Trinajstić information content (AvgIpc) is 3.32. The number of alkyl halides is 1. The molecule has 1 aliphatic rings. The summed E-state index contributed by atoms with van der Waals surface area (Å²) >= 11 is 5.35. The summed E-state index contributed by atoms with van der Waals surface area (Å²) in [6.07, 6.45) is 2.61. The molecule has 0 saturated heterocycles. The number of hydrogen-bond donors (Lipinski definition) is 2. The van der Waals surface area contributed by atoms with Crippen LogP contribution in [-0.2, 0) is 22.0 Å². The highest BCUT2D eigenvalue weighted by molar-refractivity contribution is 14.1. The lowest BCUT2D eigenvalue weighted by Crippen LogP contribution is -2.17. The van der Waals surface area contributed by atoms with E-state index in [0.717, 1.165) is 54.2 Å². The number of rotatable bonds is 7. The van der Waals surface area contributed by atoms with Crippen LogP contribution >= 0.6 is 45.3 Å². The molecule has 38 heavy (non-hydrogen) atoms. The Morgan fingerprint density at radius 2 is 1.74 bits per heavy atom. The molecular weight excluding hydrogens is 633 g/mol. The van der Waals surface area contributed by atoms with Crippen molar-refractivity contribution in [3.63, 3.8) is 0 Å². The number of fused-ring (bicyclic) bond motifs is 1. The van der Waals surface area contributed by atoms with Gasteiger partial charge in [0.1, 0.15) is 11.2 Å². The largest absolute Gasteiger partial charge is 0.481 e. The van der Waals surface area contributed by atoms with Gasteiger partial charge in [-0.1, -0.05) is 54.6 Å². The standard InChI is InChI=1S/C28H22IN3O4S2/c1-32-25(31-27(35)36-24(29)18-5-3-2-4-6-18)19(15-30-32)16-7-9-17(10-8-16)20-13-21-22(37-20)14-23(38-21)28(11-12-28)26(33)34/h2-10,13-15,24H,11-12H2,1H3,(H,31,35)(H,33,34)/t24-/m0/s1. The number of anilines is 1. The van der Waals surface area contributed by atoms with Crippen molar-refractivity contribution in [2.45, 2.75) is 22.4 Å². The summed E-state index contributed by atoms with van der Waals surface area (Å²) < 4.78 is 9.01. The van der Waals surface area contributed by atoms with Crippen LogP contribution in [0.15, 0.2) is 72.9 Å². The van der Waals surface area contributed by atoms with Crippen LogP contribution in [0.1, 0.15) is 27.4 Å². The van der Waals surface area contributed by atoms with Gasteiger partial charge in [0, 0.05) is 37.3 Å². The summed E-state index contributed by atoms with van der Waals surface area (Å²) in [7, 11) is 1.77. The van der Waals surface area contributed by atoms with E-state index in [0.29, 0.717) is 5.82 Å². The van der Waals surface area contributed by atoms with Crippen molar-refractivity contribution >= 4 is 72.5 Å². The number of halogens is 1. The monoisotopic (exact) mass is 655 g/mol. The Morgan fingerprint density at radius 3 is 2.39 bits per heavy atom. The zero-order valence-corrected chi connectivity index (χ0v) is 24.0. The second-order valence-corrected chi connectivity index (χ2v) is 12.5. The Bertz CT molecular complexity index is 1620. The van der Waals surface area contributed by atoms with Gasteiger partial charge in [0.2, 0.25) is 0 Å². The first-order valence-corrected chi connectivity index (χ1v) is 14.8. The molecule has 0 bridgehead atoms. The van der Waals surface area contributed by atoms with Crippen LogP contribution in [0.5, 0.6) is 0 Å². The minimum atomic E-state index is -0.718. The van der Waals surface area contributed by atoms with E-state index in [1.54, 1.807) is 40.6 Å². The van der Waals surface area contributed by atoms with Gasteiger partial charge in [-0.05, 0) is 58.7 Å². The van der Waals surface area contributed by atoms with Gasteiger partial charge in [0.25, 0.3) is 0 Å². The highest BCUT2D eigenvalue weighted by Crippen LogP contribution is 2.53. The Balaban J connectivity index is 1.19. The third-order valence-corrected chi connectivity index (χ3v) is 10.3. The molecule has 5 aromatic rings.